The Labute approximate surface area is 142 Å². The molecule has 3 rings (SSSR count). The predicted octanol–water partition coefficient (Wildman–Crippen LogP) is 2.47. The van der Waals surface area contributed by atoms with E-state index in [9.17, 15) is 9.90 Å². The number of rotatable bonds is 5. The van der Waals surface area contributed by atoms with Crippen LogP contribution in [0.3, 0.4) is 0 Å². The van der Waals surface area contributed by atoms with Crippen LogP contribution >= 0.6 is 11.3 Å². The van der Waals surface area contributed by atoms with Gasteiger partial charge in [0.05, 0.1) is 17.3 Å². The number of aromatic amines is 1. The van der Waals surface area contributed by atoms with Crippen molar-refractivity contribution in [2.45, 2.75) is 26.0 Å². The first kappa shape index (κ1) is 16.3. The normalized spacial score (nSPS) is 13.5. The predicted molar refractivity (Wildman–Crippen MR) is 90.4 cm³/mol. The molecule has 1 amide bonds. The highest BCUT2D eigenvalue weighted by Gasteiger charge is 2.17. The summed E-state index contributed by atoms with van der Waals surface area (Å²) in [5, 5.41) is 22.9. The van der Waals surface area contributed by atoms with Crippen molar-refractivity contribution in [3.05, 3.63) is 52.4 Å². The summed E-state index contributed by atoms with van der Waals surface area (Å²) in [5.41, 5.74) is 2.33. The Kier molecular flexibility index (Phi) is 4.68. The summed E-state index contributed by atoms with van der Waals surface area (Å²) in [6.45, 7) is 3.37. The standard InChI is InChI=1S/C16H17N5O2S/c1-9(14-19-15(10(2)22)21-20-14)18-16(23)11-3-4-13(17-7-11)12-5-6-24-8-12/h3-10,22H,1-2H3,(H,18,23)(H,19,20,21). The van der Waals surface area contributed by atoms with Crippen LogP contribution in [0.25, 0.3) is 11.3 Å². The highest BCUT2D eigenvalue weighted by molar-refractivity contribution is 7.08. The molecule has 3 aromatic rings. The third-order valence-electron chi connectivity index (χ3n) is 3.49. The van der Waals surface area contributed by atoms with Crippen LogP contribution in [0, 0.1) is 0 Å². The molecule has 0 bridgehead atoms. The van der Waals surface area contributed by atoms with Gasteiger partial charge in [0.15, 0.2) is 5.82 Å². The van der Waals surface area contributed by atoms with E-state index in [1.165, 1.54) is 0 Å². The van der Waals surface area contributed by atoms with Crippen LogP contribution in [-0.4, -0.2) is 31.2 Å². The smallest absolute Gasteiger partial charge is 0.253 e. The number of aliphatic hydroxyl groups is 1. The van der Waals surface area contributed by atoms with Gasteiger partial charge in [0.1, 0.15) is 11.9 Å². The van der Waals surface area contributed by atoms with Crippen molar-refractivity contribution < 1.29 is 9.90 Å². The first-order valence-corrected chi connectivity index (χ1v) is 8.38. The van der Waals surface area contributed by atoms with Gasteiger partial charge >= 0.3 is 0 Å². The minimum atomic E-state index is -0.758. The van der Waals surface area contributed by atoms with Gasteiger partial charge in [-0.05, 0) is 37.4 Å². The minimum absolute atomic E-state index is 0.248. The van der Waals surface area contributed by atoms with E-state index in [0.29, 0.717) is 17.2 Å². The Balaban J connectivity index is 1.67. The molecule has 0 aliphatic heterocycles. The maximum absolute atomic E-state index is 12.3. The molecule has 0 spiro atoms. The van der Waals surface area contributed by atoms with Crippen molar-refractivity contribution in [2.75, 3.05) is 0 Å². The molecular formula is C16H17N5O2S. The third kappa shape index (κ3) is 3.50. The molecule has 3 heterocycles. The van der Waals surface area contributed by atoms with Gasteiger partial charge in [-0.3, -0.25) is 14.9 Å². The summed E-state index contributed by atoms with van der Waals surface area (Å²) < 4.78 is 0. The van der Waals surface area contributed by atoms with E-state index >= 15 is 0 Å². The second kappa shape index (κ2) is 6.90. The summed E-state index contributed by atoms with van der Waals surface area (Å²) in [5.74, 6) is 0.539. The van der Waals surface area contributed by atoms with Gasteiger partial charge in [-0.2, -0.15) is 16.4 Å². The molecule has 0 fully saturated rings. The molecule has 7 nitrogen and oxygen atoms in total. The molecule has 8 heteroatoms. The van der Waals surface area contributed by atoms with Crippen LogP contribution in [0.2, 0.25) is 0 Å². The van der Waals surface area contributed by atoms with Gasteiger partial charge in [0.25, 0.3) is 5.91 Å². The minimum Gasteiger partial charge on any atom is -0.385 e. The van der Waals surface area contributed by atoms with Crippen LogP contribution in [0.15, 0.2) is 35.2 Å². The summed E-state index contributed by atoms with van der Waals surface area (Å²) >= 11 is 1.60. The molecule has 0 aromatic carbocycles. The Bertz CT molecular complexity index is 811. The zero-order valence-electron chi connectivity index (χ0n) is 13.2. The summed E-state index contributed by atoms with van der Waals surface area (Å²) in [6.07, 6.45) is 0.795. The van der Waals surface area contributed by atoms with Crippen LogP contribution in [0.4, 0.5) is 0 Å². The number of thiophene rings is 1. The van der Waals surface area contributed by atoms with Crippen molar-refractivity contribution in [1.29, 1.82) is 0 Å². The topological polar surface area (TPSA) is 104 Å². The molecule has 24 heavy (non-hydrogen) atoms. The second-order valence-electron chi connectivity index (χ2n) is 5.39. The first-order chi connectivity index (χ1) is 11.5. The highest BCUT2D eigenvalue weighted by Crippen LogP contribution is 2.20. The Morgan fingerprint density at radius 2 is 2.17 bits per heavy atom. The second-order valence-corrected chi connectivity index (χ2v) is 6.17. The lowest BCUT2D eigenvalue weighted by Gasteiger charge is -2.11. The fourth-order valence-electron chi connectivity index (χ4n) is 2.13. The van der Waals surface area contributed by atoms with Gasteiger partial charge in [-0.15, -0.1) is 0 Å². The van der Waals surface area contributed by atoms with E-state index in [0.717, 1.165) is 11.3 Å². The highest BCUT2D eigenvalue weighted by atomic mass is 32.1. The van der Waals surface area contributed by atoms with Crippen LogP contribution in [-0.2, 0) is 0 Å². The van der Waals surface area contributed by atoms with E-state index in [1.807, 2.05) is 22.9 Å². The molecule has 0 saturated carbocycles. The number of nitrogens with zero attached hydrogens (tertiary/aromatic N) is 3. The Morgan fingerprint density at radius 1 is 1.33 bits per heavy atom. The molecule has 124 valence electrons. The zero-order chi connectivity index (χ0) is 17.1. The zero-order valence-corrected chi connectivity index (χ0v) is 14.0. The number of hydrogen-bond acceptors (Lipinski definition) is 6. The molecule has 0 radical (unpaired) electrons. The number of pyridine rings is 1. The van der Waals surface area contributed by atoms with Crippen molar-refractivity contribution in [3.63, 3.8) is 0 Å². The number of hydrogen-bond donors (Lipinski definition) is 3. The number of aliphatic hydroxyl groups excluding tert-OH is 1. The quantitative estimate of drug-likeness (QED) is 0.660. The van der Waals surface area contributed by atoms with Crippen molar-refractivity contribution in [3.8, 4) is 11.3 Å². The molecule has 3 N–H and O–H groups in total. The average Bonchev–Trinajstić information content (AvgIpc) is 3.26. The molecule has 0 aliphatic carbocycles. The van der Waals surface area contributed by atoms with E-state index in [4.69, 9.17) is 0 Å². The van der Waals surface area contributed by atoms with E-state index in [1.54, 1.807) is 37.4 Å². The fourth-order valence-corrected chi connectivity index (χ4v) is 2.78. The maximum Gasteiger partial charge on any atom is 0.253 e. The van der Waals surface area contributed by atoms with Crippen LogP contribution < -0.4 is 5.32 Å². The van der Waals surface area contributed by atoms with Crippen LogP contribution in [0.5, 0.6) is 0 Å². The SMILES string of the molecule is CC(O)c1n[nH]c(C(C)NC(=O)c2ccc(-c3ccsc3)nc2)n1. The molecule has 0 saturated heterocycles. The number of carbonyl (C=O) groups is 1. The van der Waals surface area contributed by atoms with Gasteiger partial charge in [0, 0.05) is 17.1 Å². The number of nitrogens with one attached hydrogen (secondary N) is 2. The van der Waals surface area contributed by atoms with Gasteiger partial charge in [0.2, 0.25) is 0 Å². The number of aromatic nitrogens is 4. The van der Waals surface area contributed by atoms with E-state index in [2.05, 4.69) is 25.5 Å². The number of carbonyl (C=O) groups excluding carboxylic acids is 1. The fraction of sp³-hybridized carbons (Fsp3) is 0.250. The lowest BCUT2D eigenvalue weighted by Crippen LogP contribution is -2.27. The summed E-state index contributed by atoms with van der Waals surface area (Å²) in [4.78, 5) is 20.8. The van der Waals surface area contributed by atoms with Gasteiger partial charge in [-0.1, -0.05) is 0 Å². The number of H-pyrrole nitrogens is 1. The number of amides is 1. The third-order valence-corrected chi connectivity index (χ3v) is 4.18. The summed E-state index contributed by atoms with van der Waals surface area (Å²) in [7, 11) is 0. The average molecular weight is 343 g/mol. The van der Waals surface area contributed by atoms with E-state index in [-0.39, 0.29) is 11.9 Å². The van der Waals surface area contributed by atoms with Crippen molar-refractivity contribution in [1.82, 2.24) is 25.5 Å². The van der Waals surface area contributed by atoms with Crippen molar-refractivity contribution >= 4 is 17.2 Å². The van der Waals surface area contributed by atoms with Gasteiger partial charge in [-0.25, -0.2) is 4.98 Å². The Hall–Kier alpha value is -2.58. The lowest BCUT2D eigenvalue weighted by molar-refractivity contribution is 0.0938. The molecule has 2 atom stereocenters. The van der Waals surface area contributed by atoms with Crippen LogP contribution in [0.1, 0.15) is 48.0 Å². The molecule has 3 aromatic heterocycles. The lowest BCUT2D eigenvalue weighted by atomic mass is 10.2. The first-order valence-electron chi connectivity index (χ1n) is 7.44. The van der Waals surface area contributed by atoms with E-state index < -0.39 is 6.10 Å². The largest absolute Gasteiger partial charge is 0.385 e. The van der Waals surface area contributed by atoms with Crippen molar-refractivity contribution in [2.24, 2.45) is 0 Å². The molecular weight excluding hydrogens is 326 g/mol. The monoisotopic (exact) mass is 343 g/mol. The summed E-state index contributed by atoms with van der Waals surface area (Å²) in [6, 6.07) is 5.18. The molecule has 0 aliphatic rings. The Morgan fingerprint density at radius 3 is 2.75 bits per heavy atom. The van der Waals surface area contributed by atoms with Gasteiger partial charge < -0.3 is 10.4 Å². The molecule has 2 unspecified atom stereocenters. The maximum atomic E-state index is 12.3.